The number of carbonyl (C=O) groups is 1. The van der Waals surface area contributed by atoms with Gasteiger partial charge in [-0.1, -0.05) is 44.2 Å². The zero-order chi connectivity index (χ0) is 24.0. The van der Waals surface area contributed by atoms with Crippen molar-refractivity contribution in [2.24, 2.45) is 11.8 Å². The van der Waals surface area contributed by atoms with Crippen molar-refractivity contribution in [1.82, 2.24) is 15.2 Å². The Hall–Kier alpha value is -2.85. The van der Waals surface area contributed by atoms with Crippen LogP contribution in [0.15, 0.2) is 60.9 Å². The molecule has 2 bridgehead atoms. The zero-order valence-electron chi connectivity index (χ0n) is 21.0. The number of H-pyrrole nitrogens is 1. The van der Waals surface area contributed by atoms with Gasteiger partial charge in [0.15, 0.2) is 0 Å². The monoisotopic (exact) mass is 467 g/mol. The molecule has 2 aromatic carbocycles. The number of fused-ring (bicyclic) bond motifs is 4. The van der Waals surface area contributed by atoms with Gasteiger partial charge in [0.2, 0.25) is 0 Å². The minimum atomic E-state index is 0.0429. The van der Waals surface area contributed by atoms with Crippen LogP contribution in [-0.4, -0.2) is 41.5 Å². The fraction of sp³-hybridized carbons (Fsp3) is 0.452. The Balaban J connectivity index is 1.10. The molecule has 182 valence electrons. The van der Waals surface area contributed by atoms with E-state index in [4.69, 9.17) is 0 Å². The van der Waals surface area contributed by atoms with E-state index in [0.29, 0.717) is 18.5 Å². The molecule has 2 fully saturated rings. The summed E-state index contributed by atoms with van der Waals surface area (Å²) in [6, 6.07) is 17.8. The van der Waals surface area contributed by atoms with Crippen LogP contribution in [0, 0.1) is 11.8 Å². The zero-order valence-corrected chi connectivity index (χ0v) is 21.0. The Kier molecular flexibility index (Phi) is 5.80. The van der Waals surface area contributed by atoms with E-state index in [0.717, 1.165) is 24.3 Å². The van der Waals surface area contributed by atoms with E-state index < -0.39 is 0 Å². The predicted octanol–water partition coefficient (Wildman–Crippen LogP) is 5.59. The van der Waals surface area contributed by atoms with E-state index in [1.165, 1.54) is 60.2 Å². The van der Waals surface area contributed by atoms with Crippen molar-refractivity contribution in [3.63, 3.8) is 0 Å². The lowest BCUT2D eigenvalue weighted by molar-refractivity contribution is 0.0284. The summed E-state index contributed by atoms with van der Waals surface area (Å²) in [7, 11) is 0. The summed E-state index contributed by atoms with van der Waals surface area (Å²) in [5, 5.41) is 3.16. The maximum atomic E-state index is 13.0. The molecule has 3 atom stereocenters. The minimum absolute atomic E-state index is 0.0429. The Labute approximate surface area is 209 Å². The fourth-order valence-electron chi connectivity index (χ4n) is 6.50. The van der Waals surface area contributed by atoms with Crippen LogP contribution in [0.5, 0.6) is 0 Å². The topological polar surface area (TPSA) is 48.1 Å². The van der Waals surface area contributed by atoms with Crippen molar-refractivity contribution in [2.45, 2.75) is 57.4 Å². The van der Waals surface area contributed by atoms with Crippen molar-refractivity contribution in [2.75, 3.05) is 19.6 Å². The van der Waals surface area contributed by atoms with Crippen molar-refractivity contribution in [3.05, 3.63) is 83.2 Å². The molecule has 3 aliphatic rings. The summed E-state index contributed by atoms with van der Waals surface area (Å²) in [5.74, 6) is 1.60. The van der Waals surface area contributed by atoms with Crippen LogP contribution in [0.3, 0.4) is 0 Å². The Morgan fingerprint density at radius 1 is 1.11 bits per heavy atom. The van der Waals surface area contributed by atoms with E-state index in [1.54, 1.807) is 0 Å². The van der Waals surface area contributed by atoms with Gasteiger partial charge in [-0.15, -0.1) is 0 Å². The van der Waals surface area contributed by atoms with Gasteiger partial charge < -0.3 is 10.3 Å². The first-order valence-corrected chi connectivity index (χ1v) is 13.4. The molecule has 35 heavy (non-hydrogen) atoms. The van der Waals surface area contributed by atoms with Crippen LogP contribution < -0.4 is 5.32 Å². The highest BCUT2D eigenvalue weighted by atomic mass is 16.1. The maximum Gasteiger partial charge on any atom is 0.251 e. The highest BCUT2D eigenvalue weighted by molar-refractivity contribution is 5.94. The number of aromatic amines is 1. The molecule has 0 spiro atoms. The molecule has 0 radical (unpaired) electrons. The number of likely N-dealkylation sites (tertiary alicyclic amines) is 1. The summed E-state index contributed by atoms with van der Waals surface area (Å²) in [4.78, 5) is 18.9. The van der Waals surface area contributed by atoms with Crippen molar-refractivity contribution in [3.8, 4) is 11.1 Å². The number of piperidine rings is 1. The molecule has 1 saturated carbocycles. The molecule has 1 aromatic heterocycles. The highest BCUT2D eigenvalue weighted by Gasteiger charge is 2.49. The predicted molar refractivity (Wildman–Crippen MR) is 142 cm³/mol. The number of nitrogens with one attached hydrogen (secondary N) is 2. The van der Waals surface area contributed by atoms with Crippen molar-refractivity contribution in [1.29, 1.82) is 0 Å². The quantitative estimate of drug-likeness (QED) is 0.476. The van der Waals surface area contributed by atoms with E-state index in [2.05, 4.69) is 71.5 Å². The first-order valence-electron chi connectivity index (χ1n) is 13.4. The van der Waals surface area contributed by atoms with Gasteiger partial charge in [-0.25, -0.2) is 0 Å². The average molecular weight is 468 g/mol. The van der Waals surface area contributed by atoms with E-state index in [9.17, 15) is 4.79 Å². The summed E-state index contributed by atoms with van der Waals surface area (Å²) < 4.78 is 0. The number of rotatable bonds is 7. The van der Waals surface area contributed by atoms with Crippen LogP contribution in [0.4, 0.5) is 0 Å². The molecular weight excluding hydrogens is 430 g/mol. The lowest BCUT2D eigenvalue weighted by Crippen LogP contribution is -2.58. The van der Waals surface area contributed by atoms with Crippen LogP contribution in [-0.2, 0) is 18.3 Å². The number of nitrogens with zero attached hydrogens (tertiary/aromatic N) is 1. The largest absolute Gasteiger partial charge is 0.367 e. The van der Waals surface area contributed by atoms with Gasteiger partial charge in [0.1, 0.15) is 0 Å². The fourth-order valence-corrected chi connectivity index (χ4v) is 6.50. The van der Waals surface area contributed by atoms with Gasteiger partial charge in [-0.05, 0) is 102 Å². The van der Waals surface area contributed by atoms with Gasteiger partial charge in [0.05, 0.1) is 0 Å². The first-order chi connectivity index (χ1) is 17.0. The van der Waals surface area contributed by atoms with Gasteiger partial charge >= 0.3 is 0 Å². The van der Waals surface area contributed by atoms with E-state index in [1.807, 2.05) is 18.5 Å². The van der Waals surface area contributed by atoms with Crippen molar-refractivity contribution < 1.29 is 4.79 Å². The highest BCUT2D eigenvalue weighted by Crippen LogP contribution is 2.49. The summed E-state index contributed by atoms with van der Waals surface area (Å²) in [6.07, 6.45) is 9.93. The molecule has 1 aliphatic heterocycles. The van der Waals surface area contributed by atoms with Crippen LogP contribution in [0.1, 0.15) is 60.2 Å². The van der Waals surface area contributed by atoms with Crippen LogP contribution >= 0.6 is 0 Å². The molecule has 4 heteroatoms. The lowest BCUT2D eigenvalue weighted by atomic mass is 9.59. The molecule has 2 aliphatic carbocycles. The molecule has 1 amide bonds. The van der Waals surface area contributed by atoms with Gasteiger partial charge in [0.25, 0.3) is 5.91 Å². The third-order valence-corrected chi connectivity index (χ3v) is 9.16. The number of carbonyl (C=O) groups excluding carboxylic acids is 1. The number of benzene rings is 2. The normalized spacial score (nSPS) is 25.8. The average Bonchev–Trinajstić information content (AvgIpc) is 3.52. The smallest absolute Gasteiger partial charge is 0.251 e. The van der Waals surface area contributed by atoms with E-state index >= 15 is 0 Å². The minimum Gasteiger partial charge on any atom is -0.367 e. The second kappa shape index (κ2) is 8.98. The van der Waals surface area contributed by atoms with Crippen molar-refractivity contribution >= 4 is 5.91 Å². The SMILES string of the molecule is C[C@H]1[C@H]2Cc3ccc(C(=O)NCCc4ccc(-c5cc[nH]c5)cc4)cc3C1(C)CCN2CC1CC1. The number of hydrogen-bond acceptors (Lipinski definition) is 2. The Morgan fingerprint density at radius 2 is 1.94 bits per heavy atom. The number of hydrogen-bond donors (Lipinski definition) is 2. The van der Waals surface area contributed by atoms with Crippen LogP contribution in [0.25, 0.3) is 11.1 Å². The second-order valence-electron chi connectivity index (χ2n) is 11.3. The number of aromatic nitrogens is 1. The Bertz CT molecular complexity index is 1190. The molecular formula is C31H37N3O. The maximum absolute atomic E-state index is 13.0. The summed E-state index contributed by atoms with van der Waals surface area (Å²) in [5.41, 5.74) is 7.47. The van der Waals surface area contributed by atoms with E-state index in [-0.39, 0.29) is 11.3 Å². The molecule has 1 unspecified atom stereocenters. The third kappa shape index (κ3) is 4.33. The molecule has 2 N–H and O–H groups in total. The van der Waals surface area contributed by atoms with Gasteiger partial charge in [0, 0.05) is 37.1 Å². The molecule has 3 aromatic rings. The Morgan fingerprint density at radius 3 is 2.69 bits per heavy atom. The summed E-state index contributed by atoms with van der Waals surface area (Å²) in [6.45, 7) is 8.01. The second-order valence-corrected chi connectivity index (χ2v) is 11.3. The van der Waals surface area contributed by atoms with Crippen LogP contribution in [0.2, 0.25) is 0 Å². The van der Waals surface area contributed by atoms with Gasteiger partial charge in [-0.2, -0.15) is 0 Å². The molecule has 1 saturated heterocycles. The van der Waals surface area contributed by atoms with Gasteiger partial charge in [-0.3, -0.25) is 9.69 Å². The lowest BCUT2D eigenvalue weighted by Gasteiger charge is -2.55. The molecule has 4 nitrogen and oxygen atoms in total. The number of amides is 1. The molecule has 6 rings (SSSR count). The standard InChI is InChI=1S/C31H37N3O/c1-21-29-18-25-9-10-26(17-28(25)31(21,2)13-16-34(29)20-23-3-4-23)30(35)33-15-11-22-5-7-24(8-6-22)27-12-14-32-19-27/h5-10,12,14,17,19,21,23,29,32H,3-4,11,13,15-16,18,20H2,1-2H3,(H,33,35)/t21-,29+,31?/m0/s1. The third-order valence-electron chi connectivity index (χ3n) is 9.16. The summed E-state index contributed by atoms with van der Waals surface area (Å²) >= 11 is 0. The first kappa shape index (κ1) is 22.6. The molecule has 2 heterocycles.